The van der Waals surface area contributed by atoms with E-state index in [9.17, 15) is 0 Å². The van der Waals surface area contributed by atoms with Crippen LogP contribution in [0.4, 0.5) is 0 Å². The molecule has 2 heterocycles. The van der Waals surface area contributed by atoms with Crippen molar-refractivity contribution in [1.82, 2.24) is 21.3 Å². The van der Waals surface area contributed by atoms with Gasteiger partial charge in [-0.15, -0.1) is 0 Å². The van der Waals surface area contributed by atoms with Crippen LogP contribution in [-0.2, 0) is 0 Å². The zero-order chi connectivity index (χ0) is 7.52. The molecule has 11 heavy (non-hydrogen) atoms. The van der Waals surface area contributed by atoms with Gasteiger partial charge in [0.1, 0.15) is 0 Å². The van der Waals surface area contributed by atoms with Crippen LogP contribution in [0.25, 0.3) is 0 Å². The largest absolute Gasteiger partial charge is 0.314 e. The van der Waals surface area contributed by atoms with E-state index in [2.05, 4.69) is 21.3 Å². The van der Waals surface area contributed by atoms with E-state index in [-0.39, 0.29) is 0 Å². The van der Waals surface area contributed by atoms with Gasteiger partial charge in [0.2, 0.25) is 0 Å². The second-order valence-electron chi connectivity index (χ2n) is 3.06. The standard InChI is InChI=1S/C7H15N4/c1-2-9-6(5-8-1)7-10-3-4-11-7/h6-8,10-11H,1-5H2. The maximum absolute atomic E-state index is 4.52. The van der Waals surface area contributed by atoms with Gasteiger partial charge >= 0.3 is 0 Å². The van der Waals surface area contributed by atoms with Crippen molar-refractivity contribution in [3.63, 3.8) is 0 Å². The molecular weight excluding hydrogens is 140 g/mol. The van der Waals surface area contributed by atoms with Crippen LogP contribution in [0.3, 0.4) is 0 Å². The summed E-state index contributed by atoms with van der Waals surface area (Å²) >= 11 is 0. The van der Waals surface area contributed by atoms with Crippen LogP contribution in [0.2, 0.25) is 0 Å². The summed E-state index contributed by atoms with van der Waals surface area (Å²) in [4.78, 5) is 0. The van der Waals surface area contributed by atoms with E-state index in [0.717, 1.165) is 32.7 Å². The molecule has 0 aromatic rings. The van der Waals surface area contributed by atoms with Gasteiger partial charge < -0.3 is 5.32 Å². The molecule has 0 amide bonds. The third kappa shape index (κ3) is 1.70. The van der Waals surface area contributed by atoms with E-state index in [4.69, 9.17) is 0 Å². The average Bonchev–Trinajstić information content (AvgIpc) is 2.58. The van der Waals surface area contributed by atoms with E-state index in [1.165, 1.54) is 0 Å². The van der Waals surface area contributed by atoms with Gasteiger partial charge in [0.15, 0.2) is 0 Å². The average molecular weight is 155 g/mol. The third-order valence-electron chi connectivity index (χ3n) is 2.24. The lowest BCUT2D eigenvalue weighted by Crippen LogP contribution is -2.56. The van der Waals surface area contributed by atoms with Crippen LogP contribution in [0.1, 0.15) is 0 Å². The SMILES string of the molecule is C1CNCC(C2NCCN2)[N]1. The minimum atomic E-state index is 0.419. The lowest BCUT2D eigenvalue weighted by Gasteiger charge is -2.27. The molecule has 4 heteroatoms. The summed E-state index contributed by atoms with van der Waals surface area (Å²) in [7, 11) is 0. The van der Waals surface area contributed by atoms with Crippen LogP contribution in [-0.4, -0.2) is 44.9 Å². The van der Waals surface area contributed by atoms with Crippen LogP contribution in [0, 0.1) is 0 Å². The Morgan fingerprint density at radius 3 is 2.55 bits per heavy atom. The molecule has 2 saturated heterocycles. The van der Waals surface area contributed by atoms with Gasteiger partial charge in [-0.3, -0.25) is 10.6 Å². The van der Waals surface area contributed by atoms with Crippen molar-refractivity contribution >= 4 is 0 Å². The Labute approximate surface area is 67.1 Å². The molecular formula is C7H15N4. The Kier molecular flexibility index (Phi) is 2.38. The van der Waals surface area contributed by atoms with Gasteiger partial charge in [0, 0.05) is 32.7 Å². The molecule has 3 N–H and O–H groups in total. The van der Waals surface area contributed by atoms with Crippen molar-refractivity contribution < 1.29 is 0 Å². The van der Waals surface area contributed by atoms with Crippen molar-refractivity contribution in [2.75, 3.05) is 32.7 Å². The fraction of sp³-hybridized carbons (Fsp3) is 1.00. The second-order valence-corrected chi connectivity index (χ2v) is 3.06. The molecule has 2 fully saturated rings. The summed E-state index contributed by atoms with van der Waals surface area (Å²) in [6.07, 6.45) is 0.419. The monoisotopic (exact) mass is 155 g/mol. The Bertz CT molecular complexity index is 116. The predicted octanol–water partition coefficient (Wildman–Crippen LogP) is -1.92. The van der Waals surface area contributed by atoms with E-state index in [0.29, 0.717) is 12.2 Å². The van der Waals surface area contributed by atoms with Crippen LogP contribution >= 0.6 is 0 Å². The first-order chi connectivity index (χ1) is 5.47. The molecule has 1 unspecified atom stereocenters. The second kappa shape index (κ2) is 3.49. The number of hydrogen-bond donors (Lipinski definition) is 3. The zero-order valence-corrected chi connectivity index (χ0v) is 6.64. The highest BCUT2D eigenvalue weighted by atomic mass is 15.2. The quantitative estimate of drug-likeness (QED) is 0.414. The van der Waals surface area contributed by atoms with Gasteiger partial charge in [-0.05, 0) is 0 Å². The van der Waals surface area contributed by atoms with Crippen molar-refractivity contribution in [3.8, 4) is 0 Å². The van der Waals surface area contributed by atoms with Crippen LogP contribution in [0.15, 0.2) is 0 Å². The predicted molar refractivity (Wildman–Crippen MR) is 43.5 cm³/mol. The van der Waals surface area contributed by atoms with Gasteiger partial charge in [-0.1, -0.05) is 0 Å². The molecule has 63 valence electrons. The molecule has 4 nitrogen and oxygen atoms in total. The molecule has 1 atom stereocenters. The number of hydrogen-bond acceptors (Lipinski definition) is 3. The number of piperazine rings is 1. The summed E-state index contributed by atoms with van der Waals surface area (Å²) in [5.74, 6) is 0. The Morgan fingerprint density at radius 1 is 1.09 bits per heavy atom. The first-order valence-corrected chi connectivity index (χ1v) is 4.31. The molecule has 2 rings (SSSR count). The van der Waals surface area contributed by atoms with E-state index in [1.807, 2.05) is 0 Å². The van der Waals surface area contributed by atoms with Gasteiger partial charge in [-0.25, -0.2) is 5.32 Å². The van der Waals surface area contributed by atoms with Crippen molar-refractivity contribution in [1.29, 1.82) is 0 Å². The molecule has 1 radical (unpaired) electrons. The highest BCUT2D eigenvalue weighted by Gasteiger charge is 2.25. The first-order valence-electron chi connectivity index (χ1n) is 4.31. The molecule has 0 aromatic carbocycles. The van der Waals surface area contributed by atoms with E-state index in [1.54, 1.807) is 0 Å². The summed E-state index contributed by atoms with van der Waals surface area (Å²) < 4.78 is 0. The number of nitrogens with one attached hydrogen (secondary N) is 3. The normalized spacial score (nSPS) is 34.4. The minimum absolute atomic E-state index is 0.419. The van der Waals surface area contributed by atoms with E-state index < -0.39 is 0 Å². The summed E-state index contributed by atoms with van der Waals surface area (Å²) in [5.41, 5.74) is 0. The molecule has 0 aliphatic carbocycles. The lowest BCUT2D eigenvalue weighted by molar-refractivity contribution is 0.323. The van der Waals surface area contributed by atoms with Gasteiger partial charge in [-0.2, -0.15) is 0 Å². The zero-order valence-electron chi connectivity index (χ0n) is 6.64. The van der Waals surface area contributed by atoms with Crippen molar-refractivity contribution in [2.45, 2.75) is 12.2 Å². The molecule has 2 aliphatic heterocycles. The fourth-order valence-corrected chi connectivity index (χ4v) is 1.65. The van der Waals surface area contributed by atoms with Gasteiger partial charge in [0.25, 0.3) is 0 Å². The highest BCUT2D eigenvalue weighted by Crippen LogP contribution is 1.97. The summed E-state index contributed by atoms with van der Waals surface area (Å²) in [6.45, 7) is 5.19. The van der Waals surface area contributed by atoms with Crippen molar-refractivity contribution in [2.24, 2.45) is 0 Å². The van der Waals surface area contributed by atoms with E-state index >= 15 is 0 Å². The molecule has 2 aliphatic rings. The third-order valence-corrected chi connectivity index (χ3v) is 2.24. The minimum Gasteiger partial charge on any atom is -0.314 e. The summed E-state index contributed by atoms with van der Waals surface area (Å²) in [5, 5.41) is 14.6. The fourth-order valence-electron chi connectivity index (χ4n) is 1.65. The molecule has 0 aromatic heterocycles. The van der Waals surface area contributed by atoms with Crippen molar-refractivity contribution in [3.05, 3.63) is 0 Å². The lowest BCUT2D eigenvalue weighted by atomic mass is 10.2. The molecule has 0 bridgehead atoms. The topological polar surface area (TPSA) is 50.2 Å². The number of nitrogens with zero attached hydrogens (tertiary/aromatic N) is 1. The Hall–Kier alpha value is -0.160. The van der Waals surface area contributed by atoms with Crippen LogP contribution in [0.5, 0.6) is 0 Å². The summed E-state index contributed by atoms with van der Waals surface area (Å²) in [6, 6.07) is 0.436. The maximum atomic E-state index is 4.52. The first kappa shape index (κ1) is 7.49. The number of rotatable bonds is 1. The molecule has 0 spiro atoms. The Morgan fingerprint density at radius 2 is 1.91 bits per heavy atom. The van der Waals surface area contributed by atoms with Crippen LogP contribution < -0.4 is 21.3 Å². The van der Waals surface area contributed by atoms with Gasteiger partial charge in [0.05, 0.1) is 12.2 Å². The smallest absolute Gasteiger partial charge is 0.0760 e. The maximum Gasteiger partial charge on any atom is 0.0760 e. The highest BCUT2D eigenvalue weighted by molar-refractivity contribution is 4.88. The Balaban J connectivity index is 1.82. The molecule has 0 saturated carbocycles.